The number of benzene rings is 1. The van der Waals surface area contributed by atoms with Gasteiger partial charge in [-0.1, -0.05) is 31.0 Å². The van der Waals surface area contributed by atoms with Crippen LogP contribution in [0.1, 0.15) is 44.6 Å². The second kappa shape index (κ2) is 6.50. The van der Waals surface area contributed by atoms with Crippen LogP contribution in [0.4, 0.5) is 5.69 Å². The highest BCUT2D eigenvalue weighted by Gasteiger charge is 2.26. The highest BCUT2D eigenvalue weighted by Crippen LogP contribution is 2.31. The summed E-state index contributed by atoms with van der Waals surface area (Å²) in [5.74, 6) is 0.341. The number of nitrogens with zero attached hydrogens (tertiary/aromatic N) is 2. The average Bonchev–Trinajstić information content (AvgIpc) is 2.68. The summed E-state index contributed by atoms with van der Waals surface area (Å²) in [6, 6.07) is 9.12. The SMILES string of the molecule is CC1Cc2ccccc2N1CCC(=O)N1CCCCCC1. The Balaban J connectivity index is 1.58. The third kappa shape index (κ3) is 3.22. The molecule has 0 saturated carbocycles. The number of anilines is 1. The molecule has 1 atom stereocenters. The average molecular weight is 286 g/mol. The maximum Gasteiger partial charge on any atom is 0.224 e. The number of amides is 1. The lowest BCUT2D eigenvalue weighted by atomic mass is 10.1. The normalized spacial score (nSPS) is 22.0. The molecule has 3 nitrogen and oxygen atoms in total. The molecule has 1 unspecified atom stereocenters. The van der Waals surface area contributed by atoms with E-state index in [0.29, 0.717) is 18.4 Å². The first-order valence-corrected chi connectivity index (χ1v) is 8.38. The maximum atomic E-state index is 12.4. The predicted molar refractivity (Wildman–Crippen MR) is 86.6 cm³/mol. The molecule has 3 rings (SSSR count). The fourth-order valence-electron chi connectivity index (χ4n) is 3.66. The Hall–Kier alpha value is -1.51. The third-order valence-corrected chi connectivity index (χ3v) is 4.87. The Morgan fingerprint density at radius 1 is 1.14 bits per heavy atom. The zero-order valence-corrected chi connectivity index (χ0v) is 13.1. The summed E-state index contributed by atoms with van der Waals surface area (Å²) in [5.41, 5.74) is 2.75. The van der Waals surface area contributed by atoms with Crippen molar-refractivity contribution in [2.45, 2.75) is 51.5 Å². The van der Waals surface area contributed by atoms with E-state index in [4.69, 9.17) is 0 Å². The van der Waals surface area contributed by atoms with Crippen LogP contribution in [0.2, 0.25) is 0 Å². The van der Waals surface area contributed by atoms with Gasteiger partial charge in [0.15, 0.2) is 0 Å². The van der Waals surface area contributed by atoms with Crippen molar-refractivity contribution < 1.29 is 4.79 Å². The largest absolute Gasteiger partial charge is 0.368 e. The zero-order valence-electron chi connectivity index (χ0n) is 13.1. The van der Waals surface area contributed by atoms with Crippen molar-refractivity contribution in [1.82, 2.24) is 4.90 Å². The van der Waals surface area contributed by atoms with Crippen molar-refractivity contribution >= 4 is 11.6 Å². The van der Waals surface area contributed by atoms with Gasteiger partial charge in [-0.05, 0) is 37.8 Å². The van der Waals surface area contributed by atoms with Crippen LogP contribution >= 0.6 is 0 Å². The molecule has 114 valence electrons. The summed E-state index contributed by atoms with van der Waals surface area (Å²) in [4.78, 5) is 16.9. The van der Waals surface area contributed by atoms with Crippen LogP contribution in [-0.4, -0.2) is 36.5 Å². The molecule has 2 aliphatic heterocycles. The Labute approximate surface area is 127 Å². The van der Waals surface area contributed by atoms with E-state index in [-0.39, 0.29) is 0 Å². The van der Waals surface area contributed by atoms with Gasteiger partial charge in [-0.3, -0.25) is 4.79 Å². The van der Waals surface area contributed by atoms with E-state index < -0.39 is 0 Å². The molecule has 1 aromatic carbocycles. The number of carbonyl (C=O) groups is 1. The van der Waals surface area contributed by atoms with Crippen LogP contribution in [-0.2, 0) is 11.2 Å². The molecule has 0 bridgehead atoms. The van der Waals surface area contributed by atoms with Gasteiger partial charge in [0.25, 0.3) is 0 Å². The Kier molecular flexibility index (Phi) is 4.47. The molecule has 1 amide bonds. The summed E-state index contributed by atoms with van der Waals surface area (Å²) in [5, 5.41) is 0. The number of rotatable bonds is 3. The van der Waals surface area contributed by atoms with Crippen molar-refractivity contribution in [3.05, 3.63) is 29.8 Å². The highest BCUT2D eigenvalue weighted by molar-refractivity contribution is 5.77. The molecule has 0 spiro atoms. The van der Waals surface area contributed by atoms with Gasteiger partial charge in [-0.2, -0.15) is 0 Å². The van der Waals surface area contributed by atoms with Crippen LogP contribution in [0.3, 0.4) is 0 Å². The molecule has 1 fully saturated rings. The number of hydrogen-bond donors (Lipinski definition) is 0. The van der Waals surface area contributed by atoms with E-state index in [1.165, 1.54) is 36.9 Å². The number of carbonyl (C=O) groups excluding carboxylic acids is 1. The Morgan fingerprint density at radius 3 is 2.62 bits per heavy atom. The number of hydrogen-bond acceptors (Lipinski definition) is 2. The second-order valence-electron chi connectivity index (χ2n) is 6.42. The lowest BCUT2D eigenvalue weighted by Gasteiger charge is -2.27. The van der Waals surface area contributed by atoms with Crippen LogP contribution in [0.15, 0.2) is 24.3 Å². The maximum absolute atomic E-state index is 12.4. The minimum Gasteiger partial charge on any atom is -0.368 e. The van der Waals surface area contributed by atoms with E-state index in [0.717, 1.165) is 26.1 Å². The van der Waals surface area contributed by atoms with Crippen LogP contribution in [0.25, 0.3) is 0 Å². The molecule has 21 heavy (non-hydrogen) atoms. The van der Waals surface area contributed by atoms with Gasteiger partial charge in [0, 0.05) is 37.8 Å². The molecule has 0 radical (unpaired) electrons. The van der Waals surface area contributed by atoms with E-state index in [1.54, 1.807) is 0 Å². The van der Waals surface area contributed by atoms with Crippen LogP contribution in [0.5, 0.6) is 0 Å². The lowest BCUT2D eigenvalue weighted by molar-refractivity contribution is -0.130. The molecular weight excluding hydrogens is 260 g/mol. The van der Waals surface area contributed by atoms with Crippen LogP contribution in [0, 0.1) is 0 Å². The Morgan fingerprint density at radius 2 is 1.86 bits per heavy atom. The lowest BCUT2D eigenvalue weighted by Crippen LogP contribution is -2.37. The summed E-state index contributed by atoms with van der Waals surface area (Å²) < 4.78 is 0. The number of fused-ring (bicyclic) bond motifs is 1. The molecule has 0 aromatic heterocycles. The molecule has 1 saturated heterocycles. The van der Waals surface area contributed by atoms with Gasteiger partial charge in [-0.15, -0.1) is 0 Å². The molecular formula is C18H26N2O. The van der Waals surface area contributed by atoms with Gasteiger partial charge >= 0.3 is 0 Å². The fourth-order valence-corrected chi connectivity index (χ4v) is 3.66. The zero-order chi connectivity index (χ0) is 14.7. The first-order chi connectivity index (χ1) is 10.3. The predicted octanol–water partition coefficient (Wildman–Crippen LogP) is 3.23. The topological polar surface area (TPSA) is 23.6 Å². The monoisotopic (exact) mass is 286 g/mol. The van der Waals surface area contributed by atoms with Gasteiger partial charge in [-0.25, -0.2) is 0 Å². The van der Waals surface area contributed by atoms with E-state index in [9.17, 15) is 4.79 Å². The quantitative estimate of drug-likeness (QED) is 0.851. The van der Waals surface area contributed by atoms with Crippen molar-refractivity contribution in [3.8, 4) is 0 Å². The first kappa shape index (κ1) is 14.4. The van der Waals surface area contributed by atoms with Crippen LogP contribution < -0.4 is 4.90 Å². The molecule has 0 aliphatic carbocycles. The molecule has 3 heteroatoms. The summed E-state index contributed by atoms with van der Waals surface area (Å²) in [7, 11) is 0. The second-order valence-corrected chi connectivity index (χ2v) is 6.42. The van der Waals surface area contributed by atoms with Gasteiger partial charge in [0.05, 0.1) is 0 Å². The summed E-state index contributed by atoms with van der Waals surface area (Å²) in [6.07, 6.45) is 6.66. The van der Waals surface area contributed by atoms with Gasteiger partial charge in [0.2, 0.25) is 5.91 Å². The van der Waals surface area contributed by atoms with E-state index >= 15 is 0 Å². The van der Waals surface area contributed by atoms with E-state index in [2.05, 4.69) is 41.0 Å². The first-order valence-electron chi connectivity index (χ1n) is 8.38. The van der Waals surface area contributed by atoms with Crippen molar-refractivity contribution in [3.63, 3.8) is 0 Å². The summed E-state index contributed by atoms with van der Waals surface area (Å²) >= 11 is 0. The third-order valence-electron chi connectivity index (χ3n) is 4.87. The molecule has 1 aromatic rings. The van der Waals surface area contributed by atoms with E-state index in [1.807, 2.05) is 0 Å². The fraction of sp³-hybridized carbons (Fsp3) is 0.611. The standard InChI is InChI=1S/C18H26N2O/c1-15-14-16-8-4-5-9-17(16)20(15)13-10-18(21)19-11-6-2-3-7-12-19/h4-5,8-9,15H,2-3,6-7,10-14H2,1H3. The number of likely N-dealkylation sites (tertiary alicyclic amines) is 1. The highest BCUT2D eigenvalue weighted by atomic mass is 16.2. The molecule has 2 heterocycles. The minimum atomic E-state index is 0.341. The van der Waals surface area contributed by atoms with Crippen molar-refractivity contribution in [2.24, 2.45) is 0 Å². The molecule has 0 N–H and O–H groups in total. The summed E-state index contributed by atoms with van der Waals surface area (Å²) in [6.45, 7) is 5.04. The minimum absolute atomic E-state index is 0.341. The smallest absolute Gasteiger partial charge is 0.224 e. The van der Waals surface area contributed by atoms with Crippen molar-refractivity contribution in [1.29, 1.82) is 0 Å². The molecule has 2 aliphatic rings. The Bertz CT molecular complexity index is 492. The van der Waals surface area contributed by atoms with Crippen molar-refractivity contribution in [2.75, 3.05) is 24.5 Å². The van der Waals surface area contributed by atoms with Gasteiger partial charge < -0.3 is 9.80 Å². The number of para-hydroxylation sites is 1. The van der Waals surface area contributed by atoms with Gasteiger partial charge in [0.1, 0.15) is 0 Å².